The molecule has 2 fully saturated rings. The molecule has 3 rings (SSSR count). The van der Waals surface area contributed by atoms with Crippen LogP contribution in [0.1, 0.15) is 31.2 Å². The molecular formula is C18H27NO4. The lowest BCUT2D eigenvalue weighted by Gasteiger charge is -2.43. The Morgan fingerprint density at radius 2 is 2.09 bits per heavy atom. The molecular weight excluding hydrogens is 294 g/mol. The molecule has 1 aromatic rings. The number of likely N-dealkylation sites (N-methyl/N-ethyl adjacent to an activating group) is 1. The first kappa shape index (κ1) is 16.6. The van der Waals surface area contributed by atoms with Gasteiger partial charge in [-0.3, -0.25) is 0 Å². The number of rotatable bonds is 5. The second-order valence-electron chi connectivity index (χ2n) is 6.75. The van der Waals surface area contributed by atoms with Gasteiger partial charge in [0.05, 0.1) is 13.2 Å². The quantitative estimate of drug-likeness (QED) is 0.842. The van der Waals surface area contributed by atoms with Crippen molar-refractivity contribution in [1.29, 1.82) is 0 Å². The zero-order valence-electron chi connectivity index (χ0n) is 14.2. The van der Waals surface area contributed by atoms with Crippen molar-refractivity contribution in [2.75, 3.05) is 34.6 Å². The third-order valence-electron chi connectivity index (χ3n) is 5.57. The number of methoxy groups -OCH3 is 2. The van der Waals surface area contributed by atoms with Crippen molar-refractivity contribution < 1.29 is 19.3 Å². The lowest BCUT2D eigenvalue weighted by Crippen LogP contribution is -2.47. The van der Waals surface area contributed by atoms with Gasteiger partial charge in [-0.15, -0.1) is 0 Å². The monoisotopic (exact) mass is 321 g/mol. The maximum atomic E-state index is 10.1. The first-order valence-electron chi connectivity index (χ1n) is 8.29. The van der Waals surface area contributed by atoms with Crippen LogP contribution in [0.2, 0.25) is 0 Å². The average Bonchev–Trinajstić information content (AvgIpc) is 2.90. The highest BCUT2D eigenvalue weighted by Gasteiger charge is 2.50. The van der Waals surface area contributed by atoms with Gasteiger partial charge in [0.25, 0.3) is 0 Å². The van der Waals surface area contributed by atoms with Crippen LogP contribution >= 0.6 is 0 Å². The fourth-order valence-electron chi connectivity index (χ4n) is 4.32. The highest BCUT2D eigenvalue weighted by molar-refractivity contribution is 5.46. The first-order valence-corrected chi connectivity index (χ1v) is 8.29. The fraction of sp³-hybridized carbons (Fsp3) is 0.667. The number of aliphatic hydroxyl groups is 1. The molecule has 0 unspecified atom stereocenters. The number of fused-ring (bicyclic) bond motifs is 1. The number of ether oxygens (including phenoxy) is 3. The van der Waals surface area contributed by atoms with Gasteiger partial charge < -0.3 is 24.2 Å². The Hall–Kier alpha value is -1.30. The summed E-state index contributed by atoms with van der Waals surface area (Å²) in [6, 6.07) is 6.62. The molecule has 1 saturated carbocycles. The van der Waals surface area contributed by atoms with Crippen LogP contribution in [0, 0.1) is 0 Å². The SMILES string of the molecule is COCOc1cc([C@@]23CC[C@H](O)C[C@@H]2N(C)CC3)ccc1OC. The van der Waals surface area contributed by atoms with Gasteiger partial charge in [0, 0.05) is 18.6 Å². The van der Waals surface area contributed by atoms with Gasteiger partial charge in [-0.05, 0) is 57.0 Å². The molecule has 5 nitrogen and oxygen atoms in total. The maximum absolute atomic E-state index is 10.1. The number of hydrogen-bond donors (Lipinski definition) is 1. The van der Waals surface area contributed by atoms with E-state index in [0.717, 1.165) is 43.7 Å². The van der Waals surface area contributed by atoms with E-state index in [9.17, 15) is 5.11 Å². The summed E-state index contributed by atoms with van der Waals surface area (Å²) >= 11 is 0. The molecule has 1 saturated heterocycles. The van der Waals surface area contributed by atoms with Gasteiger partial charge >= 0.3 is 0 Å². The zero-order chi connectivity index (χ0) is 16.4. The molecule has 0 radical (unpaired) electrons. The lowest BCUT2D eigenvalue weighted by molar-refractivity contribution is 0.0478. The molecule has 1 aliphatic heterocycles. The van der Waals surface area contributed by atoms with E-state index < -0.39 is 0 Å². The van der Waals surface area contributed by atoms with Crippen LogP contribution in [-0.4, -0.2) is 56.8 Å². The van der Waals surface area contributed by atoms with Crippen LogP contribution in [-0.2, 0) is 10.2 Å². The van der Waals surface area contributed by atoms with Gasteiger partial charge in [0.15, 0.2) is 18.3 Å². The minimum Gasteiger partial charge on any atom is -0.493 e. The van der Waals surface area contributed by atoms with Crippen LogP contribution in [0.4, 0.5) is 0 Å². The molecule has 2 aliphatic rings. The Morgan fingerprint density at radius 3 is 2.83 bits per heavy atom. The predicted molar refractivity (Wildman–Crippen MR) is 88.1 cm³/mol. The van der Waals surface area contributed by atoms with Crippen LogP contribution in [0.5, 0.6) is 11.5 Å². The normalized spacial score (nSPS) is 31.0. The summed E-state index contributed by atoms with van der Waals surface area (Å²) in [6.45, 7) is 1.27. The Morgan fingerprint density at radius 1 is 1.26 bits per heavy atom. The maximum Gasteiger partial charge on any atom is 0.188 e. The number of aliphatic hydroxyl groups excluding tert-OH is 1. The van der Waals surface area contributed by atoms with Gasteiger partial charge in [0.2, 0.25) is 0 Å². The summed E-state index contributed by atoms with van der Waals surface area (Å²) in [4.78, 5) is 2.39. The van der Waals surface area contributed by atoms with Crippen molar-refractivity contribution in [2.24, 2.45) is 0 Å². The summed E-state index contributed by atoms with van der Waals surface area (Å²) in [7, 11) is 5.42. The summed E-state index contributed by atoms with van der Waals surface area (Å²) < 4.78 is 16.1. The van der Waals surface area contributed by atoms with E-state index >= 15 is 0 Å². The molecule has 1 heterocycles. The van der Waals surface area contributed by atoms with E-state index in [1.54, 1.807) is 14.2 Å². The van der Waals surface area contributed by atoms with E-state index in [-0.39, 0.29) is 18.3 Å². The molecule has 1 N–H and O–H groups in total. The molecule has 5 heteroatoms. The van der Waals surface area contributed by atoms with Crippen LogP contribution in [0.25, 0.3) is 0 Å². The predicted octanol–water partition coefficient (Wildman–Crippen LogP) is 2.16. The Bertz CT molecular complexity index is 550. The van der Waals surface area contributed by atoms with E-state index in [0.29, 0.717) is 6.04 Å². The second kappa shape index (κ2) is 6.67. The van der Waals surface area contributed by atoms with Crippen molar-refractivity contribution in [2.45, 2.75) is 43.2 Å². The molecule has 0 spiro atoms. The van der Waals surface area contributed by atoms with E-state index in [1.807, 2.05) is 6.07 Å². The van der Waals surface area contributed by atoms with Gasteiger partial charge in [-0.2, -0.15) is 0 Å². The number of nitrogens with zero attached hydrogens (tertiary/aromatic N) is 1. The Kier molecular flexibility index (Phi) is 4.80. The fourth-order valence-corrected chi connectivity index (χ4v) is 4.32. The zero-order valence-corrected chi connectivity index (χ0v) is 14.2. The van der Waals surface area contributed by atoms with Gasteiger partial charge in [-0.25, -0.2) is 0 Å². The minimum absolute atomic E-state index is 0.103. The van der Waals surface area contributed by atoms with E-state index in [4.69, 9.17) is 14.2 Å². The highest BCUT2D eigenvalue weighted by Crippen LogP contribution is 2.49. The standard InChI is InChI=1S/C18H27NO4/c1-19-9-8-18(7-6-14(20)11-17(18)19)13-4-5-15(22-3)16(10-13)23-12-21-2/h4-5,10,14,17,20H,6-9,11-12H2,1-3H3/t14-,17-,18-/m0/s1. The number of hydrogen-bond acceptors (Lipinski definition) is 5. The molecule has 128 valence electrons. The Balaban J connectivity index is 1.96. The first-order chi connectivity index (χ1) is 11.1. The van der Waals surface area contributed by atoms with Gasteiger partial charge in [-0.1, -0.05) is 6.07 Å². The molecule has 3 atom stereocenters. The molecule has 0 bridgehead atoms. The van der Waals surface area contributed by atoms with Crippen LogP contribution in [0.3, 0.4) is 0 Å². The van der Waals surface area contributed by atoms with Gasteiger partial charge in [0.1, 0.15) is 0 Å². The lowest BCUT2D eigenvalue weighted by atomic mass is 9.65. The summed E-state index contributed by atoms with van der Waals surface area (Å²) in [5, 5.41) is 10.1. The molecule has 0 aromatic heterocycles. The largest absolute Gasteiger partial charge is 0.493 e. The summed E-state index contributed by atoms with van der Waals surface area (Å²) in [5.41, 5.74) is 1.39. The minimum atomic E-state index is -0.184. The number of likely N-dealkylation sites (tertiary alicyclic amines) is 1. The Labute approximate surface area is 138 Å². The number of benzene rings is 1. The van der Waals surface area contributed by atoms with Crippen molar-refractivity contribution in [1.82, 2.24) is 4.90 Å². The van der Waals surface area contributed by atoms with Crippen molar-refractivity contribution in [3.05, 3.63) is 23.8 Å². The third kappa shape index (κ3) is 2.93. The topological polar surface area (TPSA) is 51.2 Å². The molecule has 23 heavy (non-hydrogen) atoms. The third-order valence-corrected chi connectivity index (χ3v) is 5.57. The summed E-state index contributed by atoms with van der Waals surface area (Å²) in [6.07, 6.45) is 3.66. The summed E-state index contributed by atoms with van der Waals surface area (Å²) in [5.74, 6) is 1.45. The molecule has 1 aliphatic carbocycles. The smallest absolute Gasteiger partial charge is 0.188 e. The molecule has 0 amide bonds. The second-order valence-corrected chi connectivity index (χ2v) is 6.75. The van der Waals surface area contributed by atoms with E-state index in [1.165, 1.54) is 5.56 Å². The van der Waals surface area contributed by atoms with Crippen molar-refractivity contribution >= 4 is 0 Å². The van der Waals surface area contributed by atoms with Crippen LogP contribution in [0.15, 0.2) is 18.2 Å². The van der Waals surface area contributed by atoms with Crippen LogP contribution < -0.4 is 9.47 Å². The van der Waals surface area contributed by atoms with Crippen molar-refractivity contribution in [3.8, 4) is 11.5 Å². The molecule has 1 aromatic carbocycles. The van der Waals surface area contributed by atoms with Crippen molar-refractivity contribution in [3.63, 3.8) is 0 Å². The average molecular weight is 321 g/mol. The van der Waals surface area contributed by atoms with E-state index in [2.05, 4.69) is 24.1 Å². The highest BCUT2D eigenvalue weighted by atomic mass is 16.7.